The molecule has 8 nitrogen and oxygen atoms in total. The van der Waals surface area contributed by atoms with Crippen LogP contribution in [0.15, 0.2) is 6.20 Å². The summed E-state index contributed by atoms with van der Waals surface area (Å²) in [4.78, 5) is 8.02. The molecule has 0 spiro atoms. The van der Waals surface area contributed by atoms with Crippen molar-refractivity contribution in [3.8, 4) is 5.75 Å². The Morgan fingerprint density at radius 2 is 2.07 bits per heavy atom. The molecule has 2 N–H and O–H groups in total. The number of hydrogen-bond donors (Lipinski definition) is 2. The van der Waals surface area contributed by atoms with Crippen LogP contribution in [0.3, 0.4) is 0 Å². The number of nitrogens with one attached hydrogen (secondary N) is 2. The van der Waals surface area contributed by atoms with Gasteiger partial charge in [0.15, 0.2) is 11.6 Å². The van der Waals surface area contributed by atoms with E-state index in [2.05, 4.69) is 25.7 Å². The number of aryl methyl sites for hydroxylation is 1. The van der Waals surface area contributed by atoms with Crippen LogP contribution >= 0.6 is 0 Å². The molecule has 0 amide bonds. The van der Waals surface area contributed by atoms with E-state index >= 15 is 0 Å². The van der Waals surface area contributed by atoms with Gasteiger partial charge in [-0.1, -0.05) is 0 Å². The maximum atomic E-state index is 13.4. The normalized spacial score (nSPS) is 24.3. The van der Waals surface area contributed by atoms with Crippen molar-refractivity contribution in [3.05, 3.63) is 17.5 Å². The van der Waals surface area contributed by atoms with Crippen LogP contribution in [0.4, 0.5) is 30.8 Å². The molecular formula is C18H21F3N6O2. The van der Waals surface area contributed by atoms with Gasteiger partial charge in [0.2, 0.25) is 5.95 Å². The first kappa shape index (κ1) is 18.5. The molecule has 29 heavy (non-hydrogen) atoms. The number of nitrogens with zero attached hydrogens (tertiary/aromatic N) is 4. The molecule has 2 bridgehead atoms. The Bertz CT molecular complexity index is 927. The fraction of sp³-hybridized carbons (Fsp3) is 0.611. The van der Waals surface area contributed by atoms with Crippen molar-refractivity contribution in [1.82, 2.24) is 19.7 Å². The van der Waals surface area contributed by atoms with Gasteiger partial charge in [-0.25, -0.2) is 9.67 Å². The average molecular weight is 410 g/mol. The molecule has 5 rings (SSSR count). The topological polar surface area (TPSA) is 86.1 Å². The zero-order valence-electron chi connectivity index (χ0n) is 15.8. The van der Waals surface area contributed by atoms with Crippen molar-refractivity contribution in [2.24, 2.45) is 5.92 Å². The third-order valence-corrected chi connectivity index (χ3v) is 5.72. The van der Waals surface area contributed by atoms with E-state index in [4.69, 9.17) is 9.47 Å². The van der Waals surface area contributed by atoms with Crippen molar-refractivity contribution in [2.75, 3.05) is 30.4 Å². The smallest absolute Gasteiger partial charge is 0.421 e. The molecule has 1 saturated carbocycles. The lowest BCUT2D eigenvalue weighted by Crippen LogP contribution is -2.31. The van der Waals surface area contributed by atoms with Crippen molar-refractivity contribution in [2.45, 2.75) is 44.5 Å². The van der Waals surface area contributed by atoms with E-state index in [1.54, 1.807) is 0 Å². The van der Waals surface area contributed by atoms with Gasteiger partial charge in [-0.2, -0.15) is 23.3 Å². The van der Waals surface area contributed by atoms with E-state index in [1.807, 2.05) is 11.6 Å². The lowest BCUT2D eigenvalue weighted by Gasteiger charge is -2.27. The SMILES string of the molecule is Cc1nn(C2CCC2)c2c1O[C@H]1COCC1CNc1nc(ncc1C(F)(F)F)N2. The number of anilines is 3. The zero-order chi connectivity index (χ0) is 20.2. The van der Waals surface area contributed by atoms with Crippen LogP contribution < -0.4 is 15.4 Å². The molecule has 2 atom stereocenters. The van der Waals surface area contributed by atoms with Gasteiger partial charge in [0.25, 0.3) is 0 Å². The third-order valence-electron chi connectivity index (χ3n) is 5.72. The Balaban J connectivity index is 1.61. The first-order chi connectivity index (χ1) is 13.9. The molecule has 1 unspecified atom stereocenters. The summed E-state index contributed by atoms with van der Waals surface area (Å²) in [5.41, 5.74) is -0.188. The van der Waals surface area contributed by atoms with E-state index in [1.165, 1.54) is 0 Å². The van der Waals surface area contributed by atoms with Crippen LogP contribution in [0, 0.1) is 12.8 Å². The molecule has 11 heteroatoms. The predicted molar refractivity (Wildman–Crippen MR) is 97.4 cm³/mol. The van der Waals surface area contributed by atoms with Crippen molar-refractivity contribution < 1.29 is 22.6 Å². The molecule has 1 aliphatic carbocycles. The molecule has 1 saturated heterocycles. The number of halogens is 3. The highest BCUT2D eigenvalue weighted by molar-refractivity contribution is 5.62. The Morgan fingerprint density at radius 3 is 2.79 bits per heavy atom. The molecular weight excluding hydrogens is 389 g/mol. The van der Waals surface area contributed by atoms with Crippen molar-refractivity contribution >= 4 is 17.6 Å². The zero-order valence-corrected chi connectivity index (χ0v) is 15.8. The average Bonchev–Trinajstić information content (AvgIpc) is 3.17. The largest absolute Gasteiger partial charge is 0.482 e. The van der Waals surface area contributed by atoms with E-state index in [9.17, 15) is 13.2 Å². The van der Waals surface area contributed by atoms with Gasteiger partial charge in [-0.15, -0.1) is 0 Å². The molecule has 2 fully saturated rings. The van der Waals surface area contributed by atoms with Crippen LogP contribution in [-0.4, -0.2) is 45.6 Å². The van der Waals surface area contributed by atoms with Gasteiger partial charge >= 0.3 is 6.18 Å². The fourth-order valence-electron chi connectivity index (χ4n) is 3.85. The molecule has 0 aromatic carbocycles. The van der Waals surface area contributed by atoms with Crippen LogP contribution in [0.1, 0.15) is 36.6 Å². The minimum absolute atomic E-state index is 0.0640. The van der Waals surface area contributed by atoms with E-state index in [0.717, 1.165) is 25.5 Å². The summed E-state index contributed by atoms with van der Waals surface area (Å²) in [6.07, 6.45) is -0.952. The van der Waals surface area contributed by atoms with Crippen LogP contribution in [0.2, 0.25) is 0 Å². The second-order valence-corrected chi connectivity index (χ2v) is 7.71. The maximum Gasteiger partial charge on any atom is 0.421 e. The molecule has 156 valence electrons. The fourth-order valence-corrected chi connectivity index (χ4v) is 3.85. The number of rotatable bonds is 1. The first-order valence-corrected chi connectivity index (χ1v) is 9.69. The van der Waals surface area contributed by atoms with Crippen LogP contribution in [0.5, 0.6) is 5.75 Å². The van der Waals surface area contributed by atoms with Gasteiger partial charge in [-0.05, 0) is 26.2 Å². The summed E-state index contributed by atoms with van der Waals surface area (Å²) in [7, 11) is 0. The molecule has 2 aliphatic heterocycles. The second kappa shape index (κ2) is 6.75. The van der Waals surface area contributed by atoms with E-state index in [-0.39, 0.29) is 36.4 Å². The minimum Gasteiger partial charge on any atom is -0.482 e. The molecule has 4 heterocycles. The first-order valence-electron chi connectivity index (χ1n) is 9.69. The Labute approximate surface area is 164 Å². The molecule has 3 aliphatic rings. The van der Waals surface area contributed by atoms with Gasteiger partial charge in [0.1, 0.15) is 23.2 Å². The highest BCUT2D eigenvalue weighted by Crippen LogP contribution is 2.41. The summed E-state index contributed by atoms with van der Waals surface area (Å²) in [5, 5.41) is 10.5. The molecule has 2 aromatic rings. The summed E-state index contributed by atoms with van der Waals surface area (Å²) < 4.78 is 53.9. The summed E-state index contributed by atoms with van der Waals surface area (Å²) in [5.74, 6) is 0.839. The number of aromatic nitrogens is 4. The van der Waals surface area contributed by atoms with Gasteiger partial charge < -0.3 is 20.1 Å². The maximum absolute atomic E-state index is 13.4. The number of hydrogen-bond acceptors (Lipinski definition) is 7. The highest BCUT2D eigenvalue weighted by atomic mass is 19.4. The van der Waals surface area contributed by atoms with Crippen LogP contribution in [-0.2, 0) is 10.9 Å². The Morgan fingerprint density at radius 1 is 1.24 bits per heavy atom. The van der Waals surface area contributed by atoms with Crippen LogP contribution in [0.25, 0.3) is 0 Å². The summed E-state index contributed by atoms with van der Waals surface area (Å²) in [6, 6.07) is 0.223. The third kappa shape index (κ3) is 3.26. The second-order valence-electron chi connectivity index (χ2n) is 7.71. The van der Waals surface area contributed by atoms with E-state index in [0.29, 0.717) is 30.5 Å². The predicted octanol–water partition coefficient (Wildman–Crippen LogP) is 3.29. The number of ether oxygens (including phenoxy) is 2. The quantitative estimate of drug-likeness (QED) is 0.746. The Kier molecular flexibility index (Phi) is 4.30. The summed E-state index contributed by atoms with van der Waals surface area (Å²) >= 11 is 0. The summed E-state index contributed by atoms with van der Waals surface area (Å²) in [6.45, 7) is 2.87. The lowest BCUT2D eigenvalue weighted by atomic mass is 9.93. The number of fused-ring (bicyclic) bond motifs is 4. The monoisotopic (exact) mass is 410 g/mol. The Hall–Kier alpha value is -2.56. The lowest BCUT2D eigenvalue weighted by molar-refractivity contribution is -0.137. The van der Waals surface area contributed by atoms with Gasteiger partial charge in [0, 0.05) is 18.7 Å². The highest BCUT2D eigenvalue weighted by Gasteiger charge is 2.38. The van der Waals surface area contributed by atoms with Crippen molar-refractivity contribution in [3.63, 3.8) is 0 Å². The van der Waals surface area contributed by atoms with Gasteiger partial charge in [0.05, 0.1) is 19.3 Å². The van der Waals surface area contributed by atoms with E-state index < -0.39 is 11.7 Å². The number of alkyl halides is 3. The molecule has 2 aromatic heterocycles. The minimum atomic E-state index is -4.56. The molecule has 0 radical (unpaired) electrons. The van der Waals surface area contributed by atoms with Gasteiger partial charge in [-0.3, -0.25) is 0 Å². The standard InChI is InChI=1S/C18H21F3N6O2/c1-9-14-16(27(26-9)11-3-2-4-11)25-17-23-6-12(18(19,20)21)15(24-17)22-5-10-7-28-8-13(10)29-14/h6,10-11,13H,2-5,7-8H2,1H3,(H2,22,23,24,25)/t10?,13-/m0/s1. The van der Waals surface area contributed by atoms with Crippen molar-refractivity contribution in [1.29, 1.82) is 0 Å².